The number of urea groups is 1. The minimum atomic E-state index is -0.101. The Morgan fingerprint density at radius 1 is 1.32 bits per heavy atom. The van der Waals surface area contributed by atoms with Crippen LogP contribution in [0.15, 0.2) is 30.3 Å². The van der Waals surface area contributed by atoms with Gasteiger partial charge in [0.25, 0.3) is 0 Å². The topological polar surface area (TPSA) is 61.4 Å². The molecule has 6 nitrogen and oxygen atoms in total. The Morgan fingerprint density at radius 3 is 2.82 bits per heavy atom. The first kappa shape index (κ1) is 14.9. The smallest absolute Gasteiger partial charge is 0.319 e. The molecule has 22 heavy (non-hydrogen) atoms. The fourth-order valence-corrected chi connectivity index (χ4v) is 3.16. The van der Waals surface area contributed by atoms with Crippen molar-refractivity contribution in [2.75, 3.05) is 32.0 Å². The molecule has 1 fully saturated rings. The summed E-state index contributed by atoms with van der Waals surface area (Å²) in [5.74, 6) is 0.646. The van der Waals surface area contributed by atoms with Crippen molar-refractivity contribution >= 4 is 22.7 Å². The molecule has 1 atom stereocenters. The Hall–Kier alpha value is -1.99. The first-order valence-electron chi connectivity index (χ1n) is 7.29. The number of anilines is 1. The molecular weight excluding hydrogens is 298 g/mol. The molecule has 1 aliphatic rings. The number of benzene rings is 1. The number of aromatic nitrogens is 2. The summed E-state index contributed by atoms with van der Waals surface area (Å²) >= 11 is 1.21. The van der Waals surface area contributed by atoms with Crippen LogP contribution >= 0.6 is 11.5 Å². The Balaban J connectivity index is 1.66. The van der Waals surface area contributed by atoms with E-state index in [0.29, 0.717) is 11.0 Å². The monoisotopic (exact) mass is 317 g/mol. The number of piperazine rings is 1. The molecule has 0 saturated carbocycles. The number of nitrogens with zero attached hydrogens (tertiary/aromatic N) is 4. The SMILES string of the molecule is C[C@@H]1CN(C)CCN1C(=O)Nc1nc(-c2ccccc2)ns1. The average Bonchev–Trinajstić information content (AvgIpc) is 2.96. The van der Waals surface area contributed by atoms with E-state index in [9.17, 15) is 4.79 Å². The van der Waals surface area contributed by atoms with Crippen molar-refractivity contribution in [2.45, 2.75) is 13.0 Å². The van der Waals surface area contributed by atoms with Gasteiger partial charge in [0.2, 0.25) is 5.13 Å². The summed E-state index contributed by atoms with van der Waals surface area (Å²) in [6, 6.07) is 9.84. The summed E-state index contributed by atoms with van der Waals surface area (Å²) in [6.45, 7) is 4.57. The molecule has 2 amide bonds. The Kier molecular flexibility index (Phi) is 4.35. The molecule has 1 aliphatic heterocycles. The van der Waals surface area contributed by atoms with Crippen LogP contribution in [0, 0.1) is 0 Å². The van der Waals surface area contributed by atoms with Crippen LogP contribution < -0.4 is 5.32 Å². The molecule has 0 aliphatic carbocycles. The van der Waals surface area contributed by atoms with Gasteiger partial charge in [0.15, 0.2) is 5.82 Å². The van der Waals surface area contributed by atoms with Gasteiger partial charge in [-0.05, 0) is 14.0 Å². The van der Waals surface area contributed by atoms with Gasteiger partial charge in [0, 0.05) is 42.8 Å². The van der Waals surface area contributed by atoms with E-state index < -0.39 is 0 Å². The highest BCUT2D eigenvalue weighted by Gasteiger charge is 2.26. The van der Waals surface area contributed by atoms with Crippen molar-refractivity contribution in [2.24, 2.45) is 0 Å². The third-order valence-corrected chi connectivity index (χ3v) is 4.39. The molecule has 1 aromatic carbocycles. The quantitative estimate of drug-likeness (QED) is 0.924. The molecule has 7 heteroatoms. The van der Waals surface area contributed by atoms with E-state index in [-0.39, 0.29) is 12.1 Å². The van der Waals surface area contributed by atoms with Crippen molar-refractivity contribution < 1.29 is 4.79 Å². The number of nitrogens with one attached hydrogen (secondary N) is 1. The molecule has 0 spiro atoms. The lowest BCUT2D eigenvalue weighted by molar-refractivity contribution is 0.125. The second-order valence-corrected chi connectivity index (χ2v) is 6.28. The van der Waals surface area contributed by atoms with Gasteiger partial charge in [-0.1, -0.05) is 30.3 Å². The summed E-state index contributed by atoms with van der Waals surface area (Å²) in [5, 5.41) is 3.40. The Morgan fingerprint density at radius 2 is 2.09 bits per heavy atom. The van der Waals surface area contributed by atoms with Crippen molar-refractivity contribution in [1.29, 1.82) is 0 Å². The van der Waals surface area contributed by atoms with Gasteiger partial charge in [0.1, 0.15) is 0 Å². The number of likely N-dealkylation sites (N-methyl/N-ethyl adjacent to an activating group) is 1. The lowest BCUT2D eigenvalue weighted by Crippen LogP contribution is -2.53. The molecule has 1 saturated heterocycles. The van der Waals surface area contributed by atoms with Crippen LogP contribution in [-0.4, -0.2) is 57.9 Å². The van der Waals surface area contributed by atoms with Gasteiger partial charge in [-0.2, -0.15) is 9.36 Å². The van der Waals surface area contributed by atoms with E-state index in [1.54, 1.807) is 0 Å². The summed E-state index contributed by atoms with van der Waals surface area (Å²) in [4.78, 5) is 20.8. The molecule has 3 rings (SSSR count). The zero-order valence-electron chi connectivity index (χ0n) is 12.7. The number of carbonyl (C=O) groups is 1. The summed E-state index contributed by atoms with van der Waals surface area (Å²) in [5.41, 5.74) is 0.951. The van der Waals surface area contributed by atoms with E-state index in [0.717, 1.165) is 25.2 Å². The zero-order valence-corrected chi connectivity index (χ0v) is 13.5. The number of hydrogen-bond donors (Lipinski definition) is 1. The first-order chi connectivity index (χ1) is 10.6. The largest absolute Gasteiger partial charge is 0.324 e. The lowest BCUT2D eigenvalue weighted by atomic mass is 10.2. The van der Waals surface area contributed by atoms with Crippen LogP contribution in [0.1, 0.15) is 6.92 Å². The van der Waals surface area contributed by atoms with Crippen LogP contribution in [0.3, 0.4) is 0 Å². The third-order valence-electron chi connectivity index (χ3n) is 3.76. The van der Waals surface area contributed by atoms with Crippen LogP contribution in [0.2, 0.25) is 0 Å². The summed E-state index contributed by atoms with van der Waals surface area (Å²) < 4.78 is 4.30. The van der Waals surface area contributed by atoms with E-state index in [2.05, 4.69) is 33.5 Å². The molecule has 1 N–H and O–H groups in total. The molecule has 0 bridgehead atoms. The van der Waals surface area contributed by atoms with E-state index in [4.69, 9.17) is 0 Å². The summed E-state index contributed by atoms with van der Waals surface area (Å²) in [7, 11) is 2.07. The highest BCUT2D eigenvalue weighted by Crippen LogP contribution is 2.21. The molecule has 2 aromatic rings. The lowest BCUT2D eigenvalue weighted by Gasteiger charge is -2.37. The predicted molar refractivity (Wildman–Crippen MR) is 88.0 cm³/mol. The van der Waals surface area contributed by atoms with Crippen molar-refractivity contribution in [1.82, 2.24) is 19.2 Å². The molecule has 0 unspecified atom stereocenters. The molecular formula is C15H19N5OS. The minimum Gasteiger partial charge on any atom is -0.319 e. The maximum Gasteiger partial charge on any atom is 0.324 e. The van der Waals surface area contributed by atoms with Gasteiger partial charge in [-0.3, -0.25) is 5.32 Å². The van der Waals surface area contributed by atoms with Crippen LogP contribution in [0.4, 0.5) is 9.93 Å². The molecule has 1 aromatic heterocycles. The highest BCUT2D eigenvalue weighted by atomic mass is 32.1. The fraction of sp³-hybridized carbons (Fsp3) is 0.400. The van der Waals surface area contributed by atoms with Gasteiger partial charge >= 0.3 is 6.03 Å². The third kappa shape index (κ3) is 3.26. The number of hydrogen-bond acceptors (Lipinski definition) is 5. The van der Waals surface area contributed by atoms with E-state index in [1.165, 1.54) is 11.5 Å². The van der Waals surface area contributed by atoms with Crippen molar-refractivity contribution in [3.8, 4) is 11.4 Å². The first-order valence-corrected chi connectivity index (χ1v) is 8.06. The van der Waals surface area contributed by atoms with E-state index >= 15 is 0 Å². The van der Waals surface area contributed by atoms with Gasteiger partial charge in [0.05, 0.1) is 0 Å². The van der Waals surface area contributed by atoms with Gasteiger partial charge in [-0.15, -0.1) is 0 Å². The number of amides is 2. The van der Waals surface area contributed by atoms with Crippen molar-refractivity contribution in [3.05, 3.63) is 30.3 Å². The fourth-order valence-electron chi connectivity index (χ4n) is 2.58. The maximum absolute atomic E-state index is 12.4. The standard InChI is InChI=1S/C15H19N5OS/c1-11-10-19(2)8-9-20(11)15(21)17-14-16-13(18-22-14)12-6-4-3-5-7-12/h3-7,11H,8-10H2,1-2H3,(H,16,17,18,21)/t11-/m1/s1. The Bertz CT molecular complexity index is 644. The van der Waals surface area contributed by atoms with Gasteiger partial charge in [-0.25, -0.2) is 4.79 Å². The van der Waals surface area contributed by atoms with Crippen LogP contribution in [0.5, 0.6) is 0 Å². The normalized spacial score (nSPS) is 19.2. The van der Waals surface area contributed by atoms with Crippen LogP contribution in [-0.2, 0) is 0 Å². The second-order valence-electron chi connectivity index (χ2n) is 5.52. The number of carbonyl (C=O) groups excluding carboxylic acids is 1. The summed E-state index contributed by atoms with van der Waals surface area (Å²) in [6.07, 6.45) is 0. The number of rotatable bonds is 2. The average molecular weight is 317 g/mol. The molecule has 116 valence electrons. The zero-order chi connectivity index (χ0) is 15.5. The van der Waals surface area contributed by atoms with Crippen molar-refractivity contribution in [3.63, 3.8) is 0 Å². The Labute approximate surface area is 133 Å². The molecule has 2 heterocycles. The maximum atomic E-state index is 12.4. The van der Waals surface area contributed by atoms with E-state index in [1.807, 2.05) is 35.2 Å². The second kappa shape index (κ2) is 6.41. The molecule has 0 radical (unpaired) electrons. The predicted octanol–water partition coefficient (Wildman–Crippen LogP) is 2.37. The van der Waals surface area contributed by atoms with Gasteiger partial charge < -0.3 is 9.80 Å². The van der Waals surface area contributed by atoms with Crippen LogP contribution in [0.25, 0.3) is 11.4 Å². The highest BCUT2D eigenvalue weighted by molar-refractivity contribution is 7.10. The minimum absolute atomic E-state index is 0.101.